The normalized spacial score (nSPS) is 9.24. The average molecular weight is 233 g/mol. The zero-order valence-electron chi connectivity index (χ0n) is 8.93. The van der Waals surface area contributed by atoms with Crippen molar-refractivity contribution in [2.24, 2.45) is 5.73 Å². The third-order valence-corrected chi connectivity index (χ3v) is 1.93. The van der Waals surface area contributed by atoms with Crippen LogP contribution >= 0.6 is 0 Å². The molecule has 5 heteroatoms. The molecule has 0 amide bonds. The number of nitrogens with two attached hydrogens (primary N) is 1. The highest BCUT2D eigenvalue weighted by Crippen LogP contribution is 2.10. The quantitative estimate of drug-likeness (QED) is 0.670. The first kappa shape index (κ1) is 12.7. The lowest BCUT2D eigenvalue weighted by molar-refractivity contribution is 0.0696. The van der Waals surface area contributed by atoms with Gasteiger partial charge in [0.2, 0.25) is 0 Å². The summed E-state index contributed by atoms with van der Waals surface area (Å²) in [5.41, 5.74) is 5.42. The first-order valence-corrected chi connectivity index (χ1v) is 4.85. The Labute approximate surface area is 97.9 Å². The van der Waals surface area contributed by atoms with E-state index < -0.39 is 11.9 Å². The van der Waals surface area contributed by atoms with Gasteiger partial charge in [0.25, 0.3) is 0 Å². The second-order valence-electron chi connectivity index (χ2n) is 3.25. The largest absolute Gasteiger partial charge is 0.478 e. The van der Waals surface area contributed by atoms with E-state index in [0.29, 0.717) is 18.5 Å². The SMILES string of the molecule is NCCC#Cc1cc(C(=O)O)cc(C(=O)O)c1. The second-order valence-corrected chi connectivity index (χ2v) is 3.25. The van der Waals surface area contributed by atoms with Crippen molar-refractivity contribution in [2.45, 2.75) is 6.42 Å². The maximum atomic E-state index is 10.8. The van der Waals surface area contributed by atoms with Crippen molar-refractivity contribution in [1.82, 2.24) is 0 Å². The molecular weight excluding hydrogens is 222 g/mol. The van der Waals surface area contributed by atoms with E-state index in [2.05, 4.69) is 11.8 Å². The predicted molar refractivity (Wildman–Crippen MR) is 60.9 cm³/mol. The van der Waals surface area contributed by atoms with Crippen LogP contribution in [-0.4, -0.2) is 28.7 Å². The maximum absolute atomic E-state index is 10.8. The Kier molecular flexibility index (Phi) is 4.26. The standard InChI is InChI=1S/C12H11NO4/c13-4-2-1-3-8-5-9(11(14)15)7-10(6-8)12(16)17/h5-7H,2,4,13H2,(H,14,15)(H,16,17). The Morgan fingerprint density at radius 2 is 1.65 bits per heavy atom. The van der Waals surface area contributed by atoms with Crippen LogP contribution in [-0.2, 0) is 0 Å². The molecule has 1 aromatic carbocycles. The molecule has 0 fully saturated rings. The highest BCUT2D eigenvalue weighted by molar-refractivity contribution is 5.94. The number of rotatable bonds is 3. The first-order valence-electron chi connectivity index (χ1n) is 4.85. The number of carboxylic acid groups (broad SMARTS) is 2. The van der Waals surface area contributed by atoms with Crippen molar-refractivity contribution in [2.75, 3.05) is 6.54 Å². The molecule has 0 spiro atoms. The van der Waals surface area contributed by atoms with Crippen LogP contribution in [0.3, 0.4) is 0 Å². The van der Waals surface area contributed by atoms with Gasteiger partial charge in [-0.1, -0.05) is 11.8 Å². The van der Waals surface area contributed by atoms with Crippen molar-refractivity contribution in [1.29, 1.82) is 0 Å². The second kappa shape index (κ2) is 5.68. The van der Waals surface area contributed by atoms with Gasteiger partial charge in [0.15, 0.2) is 0 Å². The van der Waals surface area contributed by atoms with Crippen LogP contribution in [0.25, 0.3) is 0 Å². The third-order valence-electron chi connectivity index (χ3n) is 1.93. The van der Waals surface area contributed by atoms with E-state index in [1.807, 2.05) is 0 Å². The summed E-state index contributed by atoms with van der Waals surface area (Å²) in [5.74, 6) is 3.03. The lowest BCUT2D eigenvalue weighted by Crippen LogP contribution is -2.03. The summed E-state index contributed by atoms with van der Waals surface area (Å²) >= 11 is 0. The molecule has 0 saturated heterocycles. The maximum Gasteiger partial charge on any atom is 0.335 e. The highest BCUT2D eigenvalue weighted by Gasteiger charge is 2.10. The minimum Gasteiger partial charge on any atom is -0.478 e. The molecule has 0 unspecified atom stereocenters. The van der Waals surface area contributed by atoms with E-state index in [4.69, 9.17) is 15.9 Å². The molecule has 88 valence electrons. The summed E-state index contributed by atoms with van der Waals surface area (Å²) in [6.07, 6.45) is 0.472. The third kappa shape index (κ3) is 3.63. The van der Waals surface area contributed by atoms with Crippen molar-refractivity contribution in [3.63, 3.8) is 0 Å². The molecule has 0 aliphatic rings. The summed E-state index contributed by atoms with van der Waals surface area (Å²) in [4.78, 5) is 21.6. The number of aromatic carboxylic acids is 2. The minimum atomic E-state index is -1.19. The van der Waals surface area contributed by atoms with Gasteiger partial charge in [-0.3, -0.25) is 0 Å². The van der Waals surface area contributed by atoms with E-state index in [9.17, 15) is 9.59 Å². The topological polar surface area (TPSA) is 101 Å². The van der Waals surface area contributed by atoms with E-state index in [0.717, 1.165) is 6.07 Å². The molecule has 0 bridgehead atoms. The molecule has 0 saturated carbocycles. The van der Waals surface area contributed by atoms with Crippen LogP contribution in [0.5, 0.6) is 0 Å². The van der Waals surface area contributed by atoms with Gasteiger partial charge in [0.1, 0.15) is 0 Å². The van der Waals surface area contributed by atoms with Gasteiger partial charge in [-0.15, -0.1) is 0 Å². The van der Waals surface area contributed by atoms with Crippen LogP contribution in [0.2, 0.25) is 0 Å². The number of carboxylic acids is 2. The van der Waals surface area contributed by atoms with Gasteiger partial charge in [0.05, 0.1) is 11.1 Å². The molecular formula is C12H11NO4. The van der Waals surface area contributed by atoms with Gasteiger partial charge < -0.3 is 15.9 Å². The summed E-state index contributed by atoms with van der Waals surface area (Å²) in [6.45, 7) is 0.400. The molecule has 0 radical (unpaired) electrons. The molecule has 0 heterocycles. The van der Waals surface area contributed by atoms with Crippen molar-refractivity contribution >= 4 is 11.9 Å². The summed E-state index contributed by atoms with van der Waals surface area (Å²) in [7, 11) is 0. The van der Waals surface area contributed by atoms with Crippen LogP contribution in [0.15, 0.2) is 18.2 Å². The smallest absolute Gasteiger partial charge is 0.335 e. The zero-order valence-corrected chi connectivity index (χ0v) is 8.93. The number of hydrogen-bond acceptors (Lipinski definition) is 3. The minimum absolute atomic E-state index is 0.0954. The lowest BCUT2D eigenvalue weighted by atomic mass is 10.1. The molecule has 0 aliphatic heterocycles. The molecule has 1 aromatic rings. The Morgan fingerprint density at radius 3 is 2.06 bits per heavy atom. The van der Waals surface area contributed by atoms with Crippen LogP contribution in [0.4, 0.5) is 0 Å². The molecule has 1 rings (SSSR count). The van der Waals surface area contributed by atoms with Gasteiger partial charge >= 0.3 is 11.9 Å². The monoisotopic (exact) mass is 233 g/mol. The van der Waals surface area contributed by atoms with Gasteiger partial charge in [-0.25, -0.2) is 9.59 Å². The lowest BCUT2D eigenvalue weighted by Gasteiger charge is -1.99. The van der Waals surface area contributed by atoms with E-state index in [1.165, 1.54) is 12.1 Å². The Bertz CT molecular complexity index is 479. The van der Waals surface area contributed by atoms with Crippen molar-refractivity contribution < 1.29 is 19.8 Å². The van der Waals surface area contributed by atoms with E-state index in [1.54, 1.807) is 0 Å². The van der Waals surface area contributed by atoms with Crippen LogP contribution < -0.4 is 5.73 Å². The van der Waals surface area contributed by atoms with Gasteiger partial charge in [-0.05, 0) is 18.2 Å². The summed E-state index contributed by atoms with van der Waals surface area (Å²) in [6, 6.07) is 3.76. The molecule has 17 heavy (non-hydrogen) atoms. The summed E-state index contributed by atoms with van der Waals surface area (Å²) in [5, 5.41) is 17.7. The Hall–Kier alpha value is -2.32. The fraction of sp³-hybridized carbons (Fsp3) is 0.167. The van der Waals surface area contributed by atoms with E-state index in [-0.39, 0.29) is 11.1 Å². The molecule has 0 aliphatic carbocycles. The Morgan fingerprint density at radius 1 is 1.12 bits per heavy atom. The van der Waals surface area contributed by atoms with Gasteiger partial charge in [0, 0.05) is 18.5 Å². The van der Waals surface area contributed by atoms with Crippen LogP contribution in [0, 0.1) is 11.8 Å². The van der Waals surface area contributed by atoms with Crippen molar-refractivity contribution in [3.05, 3.63) is 34.9 Å². The van der Waals surface area contributed by atoms with Crippen molar-refractivity contribution in [3.8, 4) is 11.8 Å². The van der Waals surface area contributed by atoms with Gasteiger partial charge in [-0.2, -0.15) is 0 Å². The Balaban J connectivity index is 3.18. The first-order chi connectivity index (χ1) is 8.04. The predicted octanol–water partition coefficient (Wildman–Crippen LogP) is 0.783. The fourth-order valence-corrected chi connectivity index (χ4v) is 1.18. The summed E-state index contributed by atoms with van der Waals surface area (Å²) < 4.78 is 0. The average Bonchev–Trinajstić information content (AvgIpc) is 2.29. The molecule has 0 atom stereocenters. The molecule has 5 nitrogen and oxygen atoms in total. The molecule has 0 aromatic heterocycles. The van der Waals surface area contributed by atoms with Crippen LogP contribution in [0.1, 0.15) is 32.7 Å². The number of carbonyl (C=O) groups is 2. The van der Waals surface area contributed by atoms with E-state index >= 15 is 0 Å². The highest BCUT2D eigenvalue weighted by atomic mass is 16.4. The molecule has 4 N–H and O–H groups in total. The number of hydrogen-bond donors (Lipinski definition) is 3. The zero-order chi connectivity index (χ0) is 12.8. The number of benzene rings is 1. The fourth-order valence-electron chi connectivity index (χ4n) is 1.18.